The van der Waals surface area contributed by atoms with Gasteiger partial charge in [0, 0.05) is 22.5 Å². The molecule has 7 heteroatoms. The van der Waals surface area contributed by atoms with Crippen LogP contribution in [0.2, 0.25) is 0 Å². The van der Waals surface area contributed by atoms with E-state index in [1.807, 2.05) is 49.6 Å². The van der Waals surface area contributed by atoms with Crippen LogP contribution in [0.15, 0.2) is 46.7 Å². The molecule has 3 rings (SSSR count). The molecule has 0 fully saturated rings. The van der Waals surface area contributed by atoms with Crippen LogP contribution in [0, 0.1) is 13.8 Å². The van der Waals surface area contributed by atoms with Crippen molar-refractivity contribution in [3.05, 3.63) is 57.9 Å². The first kappa shape index (κ1) is 17.3. The maximum atomic E-state index is 12.6. The molecule has 0 aliphatic heterocycles. The van der Waals surface area contributed by atoms with E-state index in [1.54, 1.807) is 6.07 Å². The second kappa shape index (κ2) is 7.14. The van der Waals surface area contributed by atoms with Crippen molar-refractivity contribution in [3.63, 3.8) is 0 Å². The van der Waals surface area contributed by atoms with Gasteiger partial charge in [-0.25, -0.2) is 18.1 Å². The average molecular weight is 379 g/mol. The van der Waals surface area contributed by atoms with Crippen molar-refractivity contribution in [3.8, 4) is 9.88 Å². The Morgan fingerprint density at radius 3 is 2.58 bits per heavy atom. The lowest BCUT2D eigenvalue weighted by Gasteiger charge is -2.06. The summed E-state index contributed by atoms with van der Waals surface area (Å²) in [6.07, 6.45) is 0.668. The summed E-state index contributed by atoms with van der Waals surface area (Å²) in [4.78, 5) is 6.46. The van der Waals surface area contributed by atoms with E-state index in [4.69, 9.17) is 0 Å². The summed E-state index contributed by atoms with van der Waals surface area (Å²) in [6, 6.07) is 11.6. The smallest absolute Gasteiger partial charge is 0.241 e. The molecule has 0 saturated heterocycles. The van der Waals surface area contributed by atoms with Crippen molar-refractivity contribution in [2.45, 2.75) is 25.2 Å². The molecule has 0 spiro atoms. The molecule has 1 N–H and O–H groups in total. The lowest BCUT2D eigenvalue weighted by Crippen LogP contribution is -2.26. The first-order valence-corrected chi connectivity index (χ1v) is 10.7. The molecule has 2 aromatic heterocycles. The number of benzene rings is 1. The highest BCUT2D eigenvalue weighted by Crippen LogP contribution is 2.35. The molecular formula is C17H18N2O2S3. The van der Waals surface area contributed by atoms with Gasteiger partial charge in [0.25, 0.3) is 0 Å². The summed E-state index contributed by atoms with van der Waals surface area (Å²) in [5, 5.41) is 2.84. The topological polar surface area (TPSA) is 59.1 Å². The van der Waals surface area contributed by atoms with Crippen molar-refractivity contribution in [1.82, 2.24) is 9.71 Å². The quantitative estimate of drug-likeness (QED) is 0.705. The van der Waals surface area contributed by atoms with Crippen LogP contribution in [-0.2, 0) is 16.4 Å². The number of thiazole rings is 1. The number of hydrogen-bond acceptors (Lipinski definition) is 5. The average Bonchev–Trinajstić information content (AvgIpc) is 3.14. The van der Waals surface area contributed by atoms with Crippen LogP contribution < -0.4 is 4.72 Å². The summed E-state index contributed by atoms with van der Waals surface area (Å²) < 4.78 is 27.8. The maximum Gasteiger partial charge on any atom is 0.241 e. The van der Waals surface area contributed by atoms with Crippen molar-refractivity contribution < 1.29 is 8.42 Å². The monoisotopic (exact) mass is 378 g/mol. The molecule has 0 amide bonds. The molecule has 0 saturated carbocycles. The van der Waals surface area contributed by atoms with E-state index in [-0.39, 0.29) is 0 Å². The van der Waals surface area contributed by atoms with Gasteiger partial charge in [-0.1, -0.05) is 30.3 Å². The number of aromatic nitrogens is 1. The minimum Gasteiger partial charge on any atom is -0.241 e. The van der Waals surface area contributed by atoms with Gasteiger partial charge < -0.3 is 0 Å². The molecule has 0 atom stereocenters. The Bertz CT molecular complexity index is 928. The molecule has 0 bridgehead atoms. The molecule has 24 heavy (non-hydrogen) atoms. The predicted molar refractivity (Wildman–Crippen MR) is 100 cm³/mol. The Labute approximate surface area is 150 Å². The molecule has 4 nitrogen and oxygen atoms in total. The van der Waals surface area contributed by atoms with Crippen molar-refractivity contribution in [2.24, 2.45) is 0 Å². The van der Waals surface area contributed by atoms with E-state index >= 15 is 0 Å². The minimum atomic E-state index is -3.50. The Hall–Kier alpha value is -1.54. The normalized spacial score (nSPS) is 11.8. The number of rotatable bonds is 6. The highest BCUT2D eigenvalue weighted by Gasteiger charge is 2.21. The Morgan fingerprint density at radius 2 is 1.92 bits per heavy atom. The van der Waals surface area contributed by atoms with Gasteiger partial charge in [-0.15, -0.1) is 22.7 Å². The van der Waals surface area contributed by atoms with E-state index in [1.165, 1.54) is 22.7 Å². The van der Waals surface area contributed by atoms with E-state index < -0.39 is 10.0 Å². The van der Waals surface area contributed by atoms with E-state index in [0.717, 1.165) is 26.0 Å². The van der Waals surface area contributed by atoms with Gasteiger partial charge in [0.2, 0.25) is 10.0 Å². The lowest BCUT2D eigenvalue weighted by molar-refractivity contribution is 0.581. The Morgan fingerprint density at radius 1 is 1.17 bits per heavy atom. The van der Waals surface area contributed by atoms with Crippen LogP contribution in [-0.4, -0.2) is 19.9 Å². The third kappa shape index (κ3) is 3.92. The zero-order valence-electron chi connectivity index (χ0n) is 13.4. The van der Waals surface area contributed by atoms with Gasteiger partial charge in [-0.3, -0.25) is 0 Å². The number of thiophene rings is 1. The third-order valence-corrected chi connectivity index (χ3v) is 7.44. The van der Waals surface area contributed by atoms with E-state index in [9.17, 15) is 8.42 Å². The summed E-state index contributed by atoms with van der Waals surface area (Å²) in [5.74, 6) is 0. The van der Waals surface area contributed by atoms with Crippen LogP contribution in [0.1, 0.15) is 16.1 Å². The summed E-state index contributed by atoms with van der Waals surface area (Å²) in [7, 11) is -3.50. The molecule has 2 heterocycles. The van der Waals surface area contributed by atoms with Gasteiger partial charge >= 0.3 is 0 Å². The van der Waals surface area contributed by atoms with Crippen molar-refractivity contribution >= 4 is 32.7 Å². The first-order valence-electron chi connectivity index (χ1n) is 7.52. The summed E-state index contributed by atoms with van der Waals surface area (Å²) in [5.41, 5.74) is 2.06. The van der Waals surface area contributed by atoms with Crippen molar-refractivity contribution in [2.75, 3.05) is 6.54 Å². The number of hydrogen-bond donors (Lipinski definition) is 1. The molecule has 1 aromatic carbocycles. The van der Waals surface area contributed by atoms with Crippen LogP contribution >= 0.6 is 22.7 Å². The number of nitrogens with zero attached hydrogens (tertiary/aromatic N) is 1. The van der Waals surface area contributed by atoms with Gasteiger partial charge in [0.1, 0.15) is 5.01 Å². The maximum absolute atomic E-state index is 12.6. The standard InChI is InChI=1S/C17H18N2O2S3/c1-12-11-22-17(19-12)15-10-16(13(2)23-15)24(20,21)18-9-8-14-6-4-3-5-7-14/h3-7,10-11,18H,8-9H2,1-2H3. The molecule has 0 unspecified atom stereocenters. The highest BCUT2D eigenvalue weighted by molar-refractivity contribution is 7.89. The van der Waals surface area contributed by atoms with Crippen LogP contribution in [0.3, 0.4) is 0 Å². The Balaban J connectivity index is 1.74. The SMILES string of the molecule is Cc1csc(-c2cc(S(=O)(=O)NCCc3ccccc3)c(C)s2)n1. The largest absolute Gasteiger partial charge is 0.241 e. The van der Waals surface area contributed by atoms with Crippen LogP contribution in [0.25, 0.3) is 9.88 Å². The van der Waals surface area contributed by atoms with E-state index in [2.05, 4.69) is 9.71 Å². The van der Waals surface area contributed by atoms with Gasteiger partial charge in [0.15, 0.2) is 0 Å². The van der Waals surface area contributed by atoms with Gasteiger partial charge in [-0.05, 0) is 31.9 Å². The fraction of sp³-hybridized carbons (Fsp3) is 0.235. The van der Waals surface area contributed by atoms with Crippen LogP contribution in [0.4, 0.5) is 0 Å². The predicted octanol–water partition coefficient (Wildman–Crippen LogP) is 4.01. The minimum absolute atomic E-state index is 0.350. The molecular weight excluding hydrogens is 360 g/mol. The Kier molecular flexibility index (Phi) is 5.15. The zero-order valence-corrected chi connectivity index (χ0v) is 15.9. The molecule has 0 aliphatic rings. The molecule has 0 aliphatic carbocycles. The fourth-order valence-corrected chi connectivity index (χ4v) is 5.84. The number of nitrogens with one attached hydrogen (secondary N) is 1. The fourth-order valence-electron chi connectivity index (χ4n) is 2.36. The number of aryl methyl sites for hydroxylation is 2. The van der Waals surface area contributed by atoms with Crippen molar-refractivity contribution in [1.29, 1.82) is 0 Å². The molecule has 0 radical (unpaired) electrons. The van der Waals surface area contributed by atoms with Crippen LogP contribution in [0.5, 0.6) is 0 Å². The second-order valence-electron chi connectivity index (χ2n) is 5.46. The summed E-state index contributed by atoms with van der Waals surface area (Å²) >= 11 is 3.00. The number of sulfonamides is 1. The second-order valence-corrected chi connectivity index (χ2v) is 9.31. The summed E-state index contributed by atoms with van der Waals surface area (Å²) in [6.45, 7) is 4.15. The lowest BCUT2D eigenvalue weighted by atomic mass is 10.2. The zero-order chi connectivity index (χ0) is 17.2. The van der Waals surface area contributed by atoms with E-state index in [0.29, 0.717) is 17.9 Å². The van der Waals surface area contributed by atoms with Gasteiger partial charge in [0.05, 0.1) is 9.77 Å². The highest BCUT2D eigenvalue weighted by atomic mass is 32.2. The third-order valence-electron chi connectivity index (χ3n) is 3.54. The van der Waals surface area contributed by atoms with Gasteiger partial charge in [-0.2, -0.15) is 0 Å². The molecule has 126 valence electrons. The molecule has 3 aromatic rings. The first-order chi connectivity index (χ1) is 11.5.